The Kier molecular flexibility index (Phi) is 5.23. The highest BCUT2D eigenvalue weighted by Crippen LogP contribution is 2.36. The summed E-state index contributed by atoms with van der Waals surface area (Å²) in [5.41, 5.74) is 4.57. The molecule has 0 aliphatic carbocycles. The number of carbonyl (C=O) groups is 1. The number of hydrogen-bond acceptors (Lipinski definition) is 4. The lowest BCUT2D eigenvalue weighted by molar-refractivity contribution is -0.137. The molecule has 3 N–H and O–H groups in total. The van der Waals surface area contributed by atoms with E-state index in [9.17, 15) is 18.0 Å². The van der Waals surface area contributed by atoms with E-state index in [-0.39, 0.29) is 24.2 Å². The van der Waals surface area contributed by atoms with Gasteiger partial charge in [0.25, 0.3) is 0 Å². The molecular formula is C14H19F3N4O. The average molecular weight is 316 g/mol. The van der Waals surface area contributed by atoms with Crippen molar-refractivity contribution in [1.82, 2.24) is 10.3 Å². The molecule has 22 heavy (non-hydrogen) atoms. The Labute approximate surface area is 126 Å². The highest BCUT2D eigenvalue weighted by molar-refractivity contribution is 5.79. The minimum atomic E-state index is -4.46. The van der Waals surface area contributed by atoms with Crippen LogP contribution in [0.5, 0.6) is 0 Å². The van der Waals surface area contributed by atoms with Gasteiger partial charge in [-0.15, -0.1) is 0 Å². The SMILES string of the molecule is NCCNC(=O)C1CCCN(c2ncccc2C(F)(F)F)C1. The van der Waals surface area contributed by atoms with Crippen molar-refractivity contribution >= 4 is 11.7 Å². The van der Waals surface area contributed by atoms with Gasteiger partial charge in [0.2, 0.25) is 5.91 Å². The van der Waals surface area contributed by atoms with E-state index >= 15 is 0 Å². The van der Waals surface area contributed by atoms with Crippen LogP contribution in [-0.2, 0) is 11.0 Å². The average Bonchev–Trinajstić information content (AvgIpc) is 2.52. The third-order valence-corrected chi connectivity index (χ3v) is 3.63. The largest absolute Gasteiger partial charge is 0.419 e. The number of rotatable bonds is 4. The summed E-state index contributed by atoms with van der Waals surface area (Å²) in [5, 5.41) is 2.69. The van der Waals surface area contributed by atoms with E-state index in [1.165, 1.54) is 12.3 Å². The fourth-order valence-corrected chi connectivity index (χ4v) is 2.59. The van der Waals surface area contributed by atoms with E-state index < -0.39 is 11.7 Å². The number of piperidine rings is 1. The molecule has 2 rings (SSSR count). The smallest absolute Gasteiger partial charge is 0.355 e. The van der Waals surface area contributed by atoms with Gasteiger partial charge < -0.3 is 16.0 Å². The third kappa shape index (κ3) is 3.88. The van der Waals surface area contributed by atoms with Crippen LogP contribution in [0.25, 0.3) is 0 Å². The Bertz CT molecular complexity index is 521. The molecule has 5 nitrogen and oxygen atoms in total. The van der Waals surface area contributed by atoms with Gasteiger partial charge in [-0.2, -0.15) is 13.2 Å². The standard InChI is InChI=1S/C14H19F3N4O/c15-14(16,17)11-4-1-6-19-12(11)21-8-2-3-10(9-21)13(22)20-7-5-18/h1,4,6,10H,2-3,5,7-9,18H2,(H,20,22). The van der Waals surface area contributed by atoms with Crippen molar-refractivity contribution in [3.8, 4) is 0 Å². The molecule has 1 aliphatic heterocycles. The monoisotopic (exact) mass is 316 g/mol. The van der Waals surface area contributed by atoms with Gasteiger partial charge in [0.05, 0.1) is 11.5 Å². The Morgan fingerprint density at radius 1 is 1.50 bits per heavy atom. The number of anilines is 1. The number of alkyl halides is 3. The minimum absolute atomic E-state index is 0.105. The van der Waals surface area contributed by atoms with Crippen LogP contribution >= 0.6 is 0 Å². The van der Waals surface area contributed by atoms with E-state index in [1.807, 2.05) is 0 Å². The molecule has 8 heteroatoms. The van der Waals surface area contributed by atoms with Gasteiger partial charge >= 0.3 is 6.18 Å². The summed E-state index contributed by atoms with van der Waals surface area (Å²) in [7, 11) is 0. The molecule has 0 radical (unpaired) electrons. The molecule has 122 valence electrons. The predicted octanol–water partition coefficient (Wildman–Crippen LogP) is 1.39. The quantitative estimate of drug-likeness (QED) is 0.881. The van der Waals surface area contributed by atoms with Crippen molar-refractivity contribution in [3.05, 3.63) is 23.9 Å². The summed E-state index contributed by atoms with van der Waals surface area (Å²) in [5.74, 6) is -0.616. The first-order valence-electron chi connectivity index (χ1n) is 7.18. The molecule has 1 atom stereocenters. The predicted molar refractivity (Wildman–Crippen MR) is 76.2 cm³/mol. The van der Waals surface area contributed by atoms with Crippen molar-refractivity contribution in [2.45, 2.75) is 19.0 Å². The second kappa shape index (κ2) is 6.95. The van der Waals surface area contributed by atoms with Crippen LogP contribution in [0.15, 0.2) is 18.3 Å². The van der Waals surface area contributed by atoms with E-state index in [2.05, 4.69) is 10.3 Å². The lowest BCUT2D eigenvalue weighted by Gasteiger charge is -2.34. The van der Waals surface area contributed by atoms with Crippen molar-refractivity contribution in [1.29, 1.82) is 0 Å². The molecule has 0 bridgehead atoms. The van der Waals surface area contributed by atoms with Crippen LogP contribution < -0.4 is 16.0 Å². The van der Waals surface area contributed by atoms with E-state index in [4.69, 9.17) is 5.73 Å². The number of hydrogen-bond donors (Lipinski definition) is 2. The van der Waals surface area contributed by atoms with Crippen molar-refractivity contribution in [2.24, 2.45) is 11.7 Å². The van der Waals surface area contributed by atoms with Gasteiger partial charge in [0.1, 0.15) is 5.82 Å². The topological polar surface area (TPSA) is 71.2 Å². The molecule has 1 aromatic rings. The first-order chi connectivity index (χ1) is 10.4. The summed E-state index contributed by atoms with van der Waals surface area (Å²) in [4.78, 5) is 17.4. The second-order valence-corrected chi connectivity index (χ2v) is 5.24. The maximum absolute atomic E-state index is 13.1. The number of pyridine rings is 1. The number of amides is 1. The van der Waals surface area contributed by atoms with E-state index in [0.717, 1.165) is 6.07 Å². The van der Waals surface area contributed by atoms with Gasteiger partial charge in [-0.1, -0.05) is 0 Å². The number of nitrogens with zero attached hydrogens (tertiary/aromatic N) is 2. The molecule has 1 aliphatic rings. The van der Waals surface area contributed by atoms with Crippen LogP contribution in [0, 0.1) is 5.92 Å². The lowest BCUT2D eigenvalue weighted by atomic mass is 9.96. The molecule has 1 unspecified atom stereocenters. The molecule has 0 aromatic carbocycles. The van der Waals surface area contributed by atoms with Crippen molar-refractivity contribution in [3.63, 3.8) is 0 Å². The number of nitrogens with one attached hydrogen (secondary N) is 1. The van der Waals surface area contributed by atoms with Gasteiger partial charge in [0.15, 0.2) is 0 Å². The van der Waals surface area contributed by atoms with Crippen LogP contribution in [0.4, 0.5) is 19.0 Å². The van der Waals surface area contributed by atoms with Crippen LogP contribution in [0.1, 0.15) is 18.4 Å². The number of halogens is 3. The van der Waals surface area contributed by atoms with Crippen LogP contribution in [-0.4, -0.2) is 37.1 Å². The lowest BCUT2D eigenvalue weighted by Crippen LogP contribution is -2.44. The zero-order valence-electron chi connectivity index (χ0n) is 12.1. The maximum Gasteiger partial charge on any atom is 0.419 e. The summed E-state index contributed by atoms with van der Waals surface area (Å²) < 4.78 is 39.2. The zero-order chi connectivity index (χ0) is 16.2. The maximum atomic E-state index is 13.1. The Balaban J connectivity index is 2.15. The van der Waals surface area contributed by atoms with Gasteiger partial charge in [-0.05, 0) is 25.0 Å². The van der Waals surface area contributed by atoms with E-state index in [1.54, 1.807) is 4.90 Å². The van der Waals surface area contributed by atoms with Crippen molar-refractivity contribution < 1.29 is 18.0 Å². The van der Waals surface area contributed by atoms with Crippen LogP contribution in [0.3, 0.4) is 0 Å². The van der Waals surface area contributed by atoms with Crippen molar-refractivity contribution in [2.75, 3.05) is 31.1 Å². The summed E-state index contributed by atoms with van der Waals surface area (Å²) in [6.07, 6.45) is -1.82. The number of carbonyl (C=O) groups excluding carboxylic acids is 1. The molecule has 1 aromatic heterocycles. The van der Waals surface area contributed by atoms with Gasteiger partial charge in [-0.25, -0.2) is 4.98 Å². The number of aromatic nitrogens is 1. The highest BCUT2D eigenvalue weighted by Gasteiger charge is 2.37. The summed E-state index contributed by atoms with van der Waals surface area (Å²) >= 11 is 0. The molecule has 2 heterocycles. The summed E-state index contributed by atoms with van der Waals surface area (Å²) in [6.45, 7) is 1.39. The normalized spacial score (nSPS) is 19.1. The fraction of sp³-hybridized carbons (Fsp3) is 0.571. The minimum Gasteiger partial charge on any atom is -0.355 e. The Morgan fingerprint density at radius 3 is 2.95 bits per heavy atom. The first-order valence-corrected chi connectivity index (χ1v) is 7.18. The molecular weight excluding hydrogens is 297 g/mol. The van der Waals surface area contributed by atoms with Gasteiger partial charge in [0, 0.05) is 32.4 Å². The third-order valence-electron chi connectivity index (χ3n) is 3.63. The molecule has 1 saturated heterocycles. The van der Waals surface area contributed by atoms with Gasteiger partial charge in [-0.3, -0.25) is 4.79 Å². The first kappa shape index (κ1) is 16.5. The Morgan fingerprint density at radius 2 is 2.27 bits per heavy atom. The highest BCUT2D eigenvalue weighted by atomic mass is 19.4. The molecule has 1 amide bonds. The fourth-order valence-electron chi connectivity index (χ4n) is 2.59. The summed E-state index contributed by atoms with van der Waals surface area (Å²) in [6, 6.07) is 2.28. The molecule has 1 fully saturated rings. The van der Waals surface area contributed by atoms with Crippen LogP contribution in [0.2, 0.25) is 0 Å². The number of nitrogens with two attached hydrogens (primary N) is 1. The zero-order valence-corrected chi connectivity index (χ0v) is 12.1. The molecule has 0 spiro atoms. The van der Waals surface area contributed by atoms with E-state index in [0.29, 0.717) is 32.5 Å². The molecule has 0 saturated carbocycles. The second-order valence-electron chi connectivity index (χ2n) is 5.24. The Hall–Kier alpha value is -1.83.